The van der Waals surface area contributed by atoms with Gasteiger partial charge in [-0.05, 0) is 19.1 Å². The lowest BCUT2D eigenvalue weighted by Crippen LogP contribution is -2.13. The van der Waals surface area contributed by atoms with Crippen LogP contribution in [0.25, 0.3) is 0 Å². The summed E-state index contributed by atoms with van der Waals surface area (Å²) >= 11 is -1.73. The first kappa shape index (κ1) is 10.8. The summed E-state index contributed by atoms with van der Waals surface area (Å²) in [4.78, 5) is 0.752. The topological polar surface area (TPSA) is 35.5 Å². The van der Waals surface area contributed by atoms with Crippen molar-refractivity contribution in [1.82, 2.24) is 0 Å². The molecular formula is C11H15O3S+. The minimum absolute atomic E-state index is 0.00471. The summed E-state index contributed by atoms with van der Waals surface area (Å²) in [6.07, 6.45) is 0.836. The maximum atomic E-state index is 11.8. The minimum atomic E-state index is -1.73. The van der Waals surface area contributed by atoms with E-state index in [0.717, 1.165) is 16.9 Å². The van der Waals surface area contributed by atoms with Crippen LogP contribution in [0.15, 0.2) is 29.2 Å². The first-order chi connectivity index (χ1) is 7.25. The first-order valence-electron chi connectivity index (χ1n) is 5.04. The molecule has 1 aliphatic heterocycles. The summed E-state index contributed by atoms with van der Waals surface area (Å²) in [5.41, 5.74) is 1.16. The van der Waals surface area contributed by atoms with Gasteiger partial charge in [0.15, 0.2) is 4.90 Å². The van der Waals surface area contributed by atoms with Gasteiger partial charge in [-0.2, -0.15) is 4.18 Å². The zero-order valence-corrected chi connectivity index (χ0v) is 9.57. The Morgan fingerprint density at radius 3 is 2.73 bits per heavy atom. The smallest absolute Gasteiger partial charge is 0.238 e. The van der Waals surface area contributed by atoms with Crippen LogP contribution in [0, 0.1) is 6.92 Å². The number of rotatable bonds is 3. The lowest BCUT2D eigenvalue weighted by Gasteiger charge is -2.02. The van der Waals surface area contributed by atoms with Gasteiger partial charge in [0.2, 0.25) is 11.1 Å². The van der Waals surface area contributed by atoms with E-state index in [0.29, 0.717) is 13.2 Å². The summed E-state index contributed by atoms with van der Waals surface area (Å²) in [5, 5.41) is 0. The molecule has 4 heteroatoms. The molecule has 2 atom stereocenters. The fourth-order valence-electron chi connectivity index (χ4n) is 1.46. The highest BCUT2D eigenvalue weighted by Gasteiger charge is 2.23. The van der Waals surface area contributed by atoms with Crippen LogP contribution in [0.1, 0.15) is 12.0 Å². The van der Waals surface area contributed by atoms with Crippen LogP contribution in [0.4, 0.5) is 0 Å². The monoisotopic (exact) mass is 227 g/mol. The van der Waals surface area contributed by atoms with E-state index in [1.54, 1.807) is 0 Å². The molecule has 0 bridgehead atoms. The first-order valence-corrected chi connectivity index (χ1v) is 6.22. The molecule has 1 aliphatic rings. The zero-order chi connectivity index (χ0) is 10.7. The molecule has 2 rings (SSSR count). The van der Waals surface area contributed by atoms with E-state index in [2.05, 4.69) is 0 Å². The molecule has 1 aromatic carbocycles. The lowest BCUT2D eigenvalue weighted by atomic mass is 10.2. The number of hydrogen-bond acceptors (Lipinski definition) is 3. The van der Waals surface area contributed by atoms with Crippen LogP contribution >= 0.6 is 0 Å². The van der Waals surface area contributed by atoms with Crippen molar-refractivity contribution in [3.8, 4) is 0 Å². The van der Waals surface area contributed by atoms with Crippen LogP contribution in [0.3, 0.4) is 0 Å². The Morgan fingerprint density at radius 1 is 1.40 bits per heavy atom. The Balaban J connectivity index is 1.98. The predicted octanol–water partition coefficient (Wildman–Crippen LogP) is 1.77. The van der Waals surface area contributed by atoms with Gasteiger partial charge in [-0.1, -0.05) is 21.9 Å². The number of aryl methyl sites for hydroxylation is 1. The van der Waals surface area contributed by atoms with E-state index in [1.807, 2.05) is 31.2 Å². The van der Waals surface area contributed by atoms with Crippen molar-refractivity contribution >= 4 is 11.1 Å². The third-order valence-corrected chi connectivity index (χ3v) is 3.59. The summed E-state index contributed by atoms with van der Waals surface area (Å²) in [7, 11) is 0. The third-order valence-electron chi connectivity index (χ3n) is 2.38. The van der Waals surface area contributed by atoms with Crippen LogP contribution in [0.5, 0.6) is 0 Å². The van der Waals surface area contributed by atoms with Gasteiger partial charge >= 0.3 is 0 Å². The van der Waals surface area contributed by atoms with Crippen molar-refractivity contribution in [3.05, 3.63) is 29.8 Å². The van der Waals surface area contributed by atoms with Gasteiger partial charge in [0.05, 0.1) is 6.61 Å². The number of hydrogen-bond donors (Lipinski definition) is 0. The van der Waals surface area contributed by atoms with E-state index in [-0.39, 0.29) is 6.10 Å². The standard InChI is InChI=1S/C11H14O3S/c1-9-2-4-11(5-3-9)15(12)14-10-6-7-13-8-10/h2-5,10H,6-8H2,1H3/p+1. The Bertz CT molecular complexity index is 341. The second kappa shape index (κ2) is 4.88. The molecule has 15 heavy (non-hydrogen) atoms. The van der Waals surface area contributed by atoms with Gasteiger partial charge in [-0.3, -0.25) is 0 Å². The van der Waals surface area contributed by atoms with E-state index in [9.17, 15) is 4.21 Å². The molecule has 0 N–H and O–H groups in total. The Labute approximate surface area is 92.1 Å². The molecule has 0 amide bonds. The molecule has 3 nitrogen and oxygen atoms in total. The molecular weight excluding hydrogens is 212 g/mol. The quantitative estimate of drug-likeness (QED) is 0.583. The van der Waals surface area contributed by atoms with Crippen LogP contribution in [0.2, 0.25) is 0 Å². The fraction of sp³-hybridized carbons (Fsp3) is 0.455. The summed E-state index contributed by atoms with van der Waals surface area (Å²) in [6, 6.07) is 7.59. The second-order valence-electron chi connectivity index (χ2n) is 3.68. The van der Waals surface area contributed by atoms with Gasteiger partial charge in [0, 0.05) is 13.0 Å². The van der Waals surface area contributed by atoms with Gasteiger partial charge in [0.1, 0.15) is 6.10 Å². The van der Waals surface area contributed by atoms with Gasteiger partial charge < -0.3 is 4.74 Å². The molecule has 2 unspecified atom stereocenters. The summed E-state index contributed by atoms with van der Waals surface area (Å²) in [6.45, 7) is 3.27. The largest absolute Gasteiger partial charge is 0.378 e. The molecule has 82 valence electrons. The maximum Gasteiger partial charge on any atom is 0.238 e. The normalized spacial score (nSPS) is 22.9. The van der Waals surface area contributed by atoms with Crippen LogP contribution < -0.4 is 0 Å². The van der Waals surface area contributed by atoms with Crippen molar-refractivity contribution in [2.24, 2.45) is 0 Å². The van der Waals surface area contributed by atoms with E-state index < -0.39 is 11.1 Å². The number of ether oxygens (including phenoxy) is 1. The predicted molar refractivity (Wildman–Crippen MR) is 59.2 cm³/mol. The number of benzene rings is 1. The molecule has 1 fully saturated rings. The molecule has 0 aromatic heterocycles. The van der Waals surface area contributed by atoms with E-state index >= 15 is 0 Å². The van der Waals surface area contributed by atoms with E-state index in [1.165, 1.54) is 0 Å². The van der Waals surface area contributed by atoms with Crippen LogP contribution in [-0.4, -0.2) is 19.3 Å². The van der Waals surface area contributed by atoms with Crippen LogP contribution in [-0.2, 0) is 24.2 Å². The molecule has 0 spiro atoms. The Hall–Kier alpha value is -0.710. The molecule has 1 aromatic rings. The van der Waals surface area contributed by atoms with Gasteiger partial charge in [0.25, 0.3) is 0 Å². The number of thiol groups is 1. The van der Waals surface area contributed by atoms with E-state index in [4.69, 9.17) is 8.92 Å². The molecule has 1 saturated heterocycles. The average molecular weight is 227 g/mol. The maximum absolute atomic E-state index is 11.8. The van der Waals surface area contributed by atoms with Crippen molar-refractivity contribution in [2.45, 2.75) is 24.3 Å². The third kappa shape index (κ3) is 2.87. The Morgan fingerprint density at radius 2 is 2.13 bits per heavy atom. The minimum Gasteiger partial charge on any atom is -0.378 e. The average Bonchev–Trinajstić information content (AvgIpc) is 2.71. The van der Waals surface area contributed by atoms with Crippen molar-refractivity contribution < 1.29 is 13.1 Å². The fourth-order valence-corrected chi connectivity index (χ4v) is 2.41. The second-order valence-corrected chi connectivity index (χ2v) is 4.93. The van der Waals surface area contributed by atoms with Crippen molar-refractivity contribution in [2.75, 3.05) is 13.2 Å². The summed E-state index contributed by atoms with van der Waals surface area (Å²) < 4.78 is 22.4. The molecule has 0 saturated carbocycles. The van der Waals surface area contributed by atoms with Gasteiger partial charge in [-0.25, -0.2) is 0 Å². The molecule has 1 heterocycles. The zero-order valence-electron chi connectivity index (χ0n) is 8.68. The molecule has 0 radical (unpaired) electrons. The van der Waals surface area contributed by atoms with Crippen molar-refractivity contribution in [3.63, 3.8) is 0 Å². The highest BCUT2D eigenvalue weighted by Crippen LogP contribution is 2.15. The Kier molecular flexibility index (Phi) is 3.51. The summed E-state index contributed by atoms with van der Waals surface area (Å²) in [5.74, 6) is 0. The molecule has 0 aliphatic carbocycles. The van der Waals surface area contributed by atoms with Gasteiger partial charge in [-0.15, -0.1) is 0 Å². The SMILES string of the molecule is Cc1ccc([SH+](=O)OC2CCOC2)cc1. The highest BCUT2D eigenvalue weighted by molar-refractivity contribution is 7.80. The highest BCUT2D eigenvalue weighted by atomic mass is 32.2. The van der Waals surface area contributed by atoms with Crippen molar-refractivity contribution in [1.29, 1.82) is 0 Å². The lowest BCUT2D eigenvalue weighted by molar-refractivity contribution is 0.149.